The average Bonchev–Trinajstić information content (AvgIpc) is 2.07. The third-order valence-electron chi connectivity index (χ3n) is 1.97. The summed E-state index contributed by atoms with van der Waals surface area (Å²) in [5.74, 6) is 0. The first-order valence-corrected chi connectivity index (χ1v) is 8.24. The van der Waals surface area contributed by atoms with E-state index in [4.69, 9.17) is 22.2 Å². The highest BCUT2D eigenvalue weighted by atomic mass is 35.7. The highest BCUT2D eigenvalue weighted by Crippen LogP contribution is 2.25. The van der Waals surface area contributed by atoms with Gasteiger partial charge in [-0.3, -0.25) is 0 Å². The average molecular weight is 219 g/mol. The lowest BCUT2D eigenvalue weighted by atomic mass is 10.1. The molecule has 1 aromatic carbocycles. The minimum Gasteiger partial charge on any atom is -0.150 e. The summed E-state index contributed by atoms with van der Waals surface area (Å²) < 4.78 is 0. The SMILES string of the molecule is CCC(c1ccccc1)[SiH](Cl)Cl. The summed E-state index contributed by atoms with van der Waals surface area (Å²) in [4.78, 5) is 0. The molecular formula is C9H12Cl2Si. The van der Waals surface area contributed by atoms with Crippen LogP contribution in [0.25, 0.3) is 0 Å². The molecule has 0 bridgehead atoms. The Morgan fingerprint density at radius 2 is 1.83 bits per heavy atom. The van der Waals surface area contributed by atoms with Crippen molar-refractivity contribution in [3.8, 4) is 0 Å². The molecule has 0 N–H and O–H groups in total. The summed E-state index contributed by atoms with van der Waals surface area (Å²) in [6.07, 6.45) is 1.04. The van der Waals surface area contributed by atoms with Crippen molar-refractivity contribution in [2.45, 2.75) is 18.9 Å². The maximum Gasteiger partial charge on any atom is 0.244 e. The standard InChI is InChI=1S/C9H12Cl2Si/c1-2-9(12(10)11)8-6-4-3-5-7-8/h3-7,9,12H,2H2,1H3. The van der Waals surface area contributed by atoms with E-state index in [-0.39, 0.29) is 0 Å². The maximum atomic E-state index is 5.98. The van der Waals surface area contributed by atoms with Crippen LogP contribution in [-0.2, 0) is 0 Å². The maximum absolute atomic E-state index is 5.98. The van der Waals surface area contributed by atoms with Crippen molar-refractivity contribution in [2.24, 2.45) is 0 Å². The number of hydrogen-bond donors (Lipinski definition) is 0. The molecule has 1 unspecified atom stereocenters. The molecule has 0 aliphatic carbocycles. The Labute approximate surface area is 84.5 Å². The van der Waals surface area contributed by atoms with Crippen LogP contribution in [0.3, 0.4) is 0 Å². The lowest BCUT2D eigenvalue weighted by Crippen LogP contribution is -2.10. The molecule has 0 spiro atoms. The van der Waals surface area contributed by atoms with Crippen LogP contribution < -0.4 is 0 Å². The fraction of sp³-hybridized carbons (Fsp3) is 0.333. The van der Waals surface area contributed by atoms with Gasteiger partial charge in [-0.1, -0.05) is 37.3 Å². The number of hydrogen-bond acceptors (Lipinski definition) is 0. The second-order valence-electron chi connectivity index (χ2n) is 2.76. The largest absolute Gasteiger partial charge is 0.244 e. The lowest BCUT2D eigenvalue weighted by molar-refractivity contribution is 0.876. The van der Waals surface area contributed by atoms with Gasteiger partial charge in [-0.2, -0.15) is 0 Å². The molecule has 12 heavy (non-hydrogen) atoms. The van der Waals surface area contributed by atoms with E-state index in [9.17, 15) is 0 Å². The molecule has 0 amide bonds. The van der Waals surface area contributed by atoms with Crippen molar-refractivity contribution in [1.29, 1.82) is 0 Å². The molecule has 0 saturated carbocycles. The first kappa shape index (κ1) is 10.1. The van der Waals surface area contributed by atoms with E-state index in [1.807, 2.05) is 18.2 Å². The number of halogens is 2. The van der Waals surface area contributed by atoms with Crippen LogP contribution in [0.2, 0.25) is 0 Å². The van der Waals surface area contributed by atoms with E-state index < -0.39 is 7.42 Å². The first-order chi connectivity index (χ1) is 5.75. The van der Waals surface area contributed by atoms with Crippen LogP contribution in [0.1, 0.15) is 24.4 Å². The Bertz CT molecular complexity index is 223. The first-order valence-electron chi connectivity index (χ1n) is 4.08. The quantitative estimate of drug-likeness (QED) is 0.539. The molecule has 1 rings (SSSR count). The monoisotopic (exact) mass is 218 g/mol. The summed E-state index contributed by atoms with van der Waals surface area (Å²) in [7, 11) is -1.57. The van der Waals surface area contributed by atoms with Crippen molar-refractivity contribution in [1.82, 2.24) is 0 Å². The molecule has 0 radical (unpaired) electrons. The van der Waals surface area contributed by atoms with Crippen molar-refractivity contribution in [3.05, 3.63) is 35.9 Å². The molecular weight excluding hydrogens is 207 g/mol. The van der Waals surface area contributed by atoms with Gasteiger partial charge < -0.3 is 0 Å². The van der Waals surface area contributed by atoms with Gasteiger partial charge in [-0.25, -0.2) is 0 Å². The van der Waals surface area contributed by atoms with Gasteiger partial charge in [-0.15, -0.1) is 22.2 Å². The zero-order chi connectivity index (χ0) is 8.97. The molecule has 1 atom stereocenters. The smallest absolute Gasteiger partial charge is 0.150 e. The van der Waals surface area contributed by atoms with Crippen molar-refractivity contribution >= 4 is 29.6 Å². The predicted octanol–water partition coefficient (Wildman–Crippen LogP) is 3.42. The highest BCUT2D eigenvalue weighted by Gasteiger charge is 2.18. The lowest BCUT2D eigenvalue weighted by Gasteiger charge is -2.14. The van der Waals surface area contributed by atoms with Crippen molar-refractivity contribution in [2.75, 3.05) is 0 Å². The Balaban J connectivity index is 2.80. The van der Waals surface area contributed by atoms with Crippen LogP contribution in [0.15, 0.2) is 30.3 Å². The fourth-order valence-electron chi connectivity index (χ4n) is 1.26. The third-order valence-corrected chi connectivity index (χ3v) is 5.26. The molecule has 0 aliphatic rings. The van der Waals surface area contributed by atoms with Crippen LogP contribution >= 0.6 is 22.2 Å². The van der Waals surface area contributed by atoms with E-state index in [0.717, 1.165) is 6.42 Å². The molecule has 66 valence electrons. The zero-order valence-corrected chi connectivity index (χ0v) is 9.67. The Morgan fingerprint density at radius 1 is 1.25 bits per heavy atom. The molecule has 0 aromatic heterocycles. The normalized spacial score (nSPS) is 13.3. The molecule has 0 fully saturated rings. The van der Waals surface area contributed by atoms with Gasteiger partial charge in [0, 0.05) is 5.54 Å². The summed E-state index contributed by atoms with van der Waals surface area (Å²) >= 11 is 12.0. The van der Waals surface area contributed by atoms with E-state index in [1.54, 1.807) is 0 Å². The Morgan fingerprint density at radius 3 is 2.25 bits per heavy atom. The van der Waals surface area contributed by atoms with Gasteiger partial charge >= 0.3 is 0 Å². The Kier molecular flexibility index (Phi) is 4.13. The summed E-state index contributed by atoms with van der Waals surface area (Å²) in [6, 6.07) is 10.3. The highest BCUT2D eigenvalue weighted by molar-refractivity contribution is 7.34. The molecule has 1 aromatic rings. The van der Waals surface area contributed by atoms with Crippen molar-refractivity contribution in [3.63, 3.8) is 0 Å². The second kappa shape index (κ2) is 4.90. The zero-order valence-electron chi connectivity index (χ0n) is 7.00. The molecule has 0 aliphatic heterocycles. The Hall–Kier alpha value is 0.0169. The van der Waals surface area contributed by atoms with Crippen LogP contribution in [0.4, 0.5) is 0 Å². The summed E-state index contributed by atoms with van der Waals surface area (Å²) in [5, 5.41) is 0. The molecule has 0 heterocycles. The fourth-order valence-corrected chi connectivity index (χ4v) is 4.07. The van der Waals surface area contributed by atoms with Gasteiger partial charge in [0.05, 0.1) is 0 Å². The van der Waals surface area contributed by atoms with E-state index in [1.165, 1.54) is 5.56 Å². The van der Waals surface area contributed by atoms with Gasteiger partial charge in [-0.05, 0) is 12.0 Å². The van der Waals surface area contributed by atoms with Crippen LogP contribution in [0.5, 0.6) is 0 Å². The minimum atomic E-state index is -1.57. The van der Waals surface area contributed by atoms with Crippen LogP contribution in [0, 0.1) is 0 Å². The van der Waals surface area contributed by atoms with Crippen molar-refractivity contribution < 1.29 is 0 Å². The van der Waals surface area contributed by atoms with Gasteiger partial charge in [0.25, 0.3) is 0 Å². The van der Waals surface area contributed by atoms with Gasteiger partial charge in [0.15, 0.2) is 0 Å². The summed E-state index contributed by atoms with van der Waals surface area (Å²) in [6.45, 7) is 2.13. The second-order valence-corrected chi connectivity index (χ2v) is 7.72. The topological polar surface area (TPSA) is 0 Å². The van der Waals surface area contributed by atoms with Gasteiger partial charge in [0.2, 0.25) is 7.42 Å². The third kappa shape index (κ3) is 2.51. The van der Waals surface area contributed by atoms with E-state index in [0.29, 0.717) is 5.54 Å². The van der Waals surface area contributed by atoms with Crippen LogP contribution in [-0.4, -0.2) is 7.42 Å². The molecule has 0 nitrogen and oxygen atoms in total. The number of rotatable bonds is 3. The minimum absolute atomic E-state index is 0.398. The molecule has 0 saturated heterocycles. The predicted molar refractivity (Wildman–Crippen MR) is 58.3 cm³/mol. The molecule has 3 heteroatoms. The van der Waals surface area contributed by atoms with Gasteiger partial charge in [0.1, 0.15) is 0 Å². The van der Waals surface area contributed by atoms with E-state index >= 15 is 0 Å². The summed E-state index contributed by atoms with van der Waals surface area (Å²) in [5.41, 5.74) is 1.68. The number of benzene rings is 1. The van der Waals surface area contributed by atoms with E-state index in [2.05, 4.69) is 19.1 Å².